The Balaban J connectivity index is 3.04. The number of ether oxygens (including phenoxy) is 1. The Bertz CT molecular complexity index is 256. The number of hydrogen-bond acceptors (Lipinski definition) is 7. The van der Waals surface area contributed by atoms with E-state index in [1.54, 1.807) is 0 Å². The zero-order valence-corrected chi connectivity index (χ0v) is 8.20. The highest BCUT2D eigenvalue weighted by Gasteiger charge is 2.56. The molecular formula is C8H15NO6. The highest BCUT2D eigenvalue weighted by atomic mass is 16.6. The van der Waals surface area contributed by atoms with E-state index in [1.807, 2.05) is 0 Å². The predicted octanol–water partition coefficient (Wildman–Crippen LogP) is -3.30. The van der Waals surface area contributed by atoms with E-state index in [0.717, 1.165) is 6.92 Å². The molecule has 5 atom stereocenters. The lowest BCUT2D eigenvalue weighted by Crippen LogP contribution is -2.71. The third-order valence-corrected chi connectivity index (χ3v) is 2.67. The summed E-state index contributed by atoms with van der Waals surface area (Å²) < 4.78 is 4.74. The van der Waals surface area contributed by atoms with Gasteiger partial charge in [-0.15, -0.1) is 0 Å². The van der Waals surface area contributed by atoms with Gasteiger partial charge < -0.3 is 30.9 Å². The van der Waals surface area contributed by atoms with Crippen molar-refractivity contribution in [2.45, 2.75) is 37.1 Å². The Morgan fingerprint density at radius 2 is 2.07 bits per heavy atom. The maximum absolute atomic E-state index is 11.2. The van der Waals surface area contributed by atoms with Crippen molar-refractivity contribution >= 4 is 5.78 Å². The third-order valence-electron chi connectivity index (χ3n) is 2.67. The van der Waals surface area contributed by atoms with Crippen molar-refractivity contribution in [2.75, 3.05) is 6.61 Å². The van der Waals surface area contributed by atoms with Crippen LogP contribution in [0.4, 0.5) is 0 Å². The summed E-state index contributed by atoms with van der Waals surface area (Å²) in [6.07, 6.45) is -4.60. The largest absolute Gasteiger partial charge is 0.394 e. The fourth-order valence-corrected chi connectivity index (χ4v) is 1.62. The SMILES string of the molecule is CC(=O)[C@]1(O)[C@H](O)[C@@H](N)[C@H](O)O[C@@H]1CO. The van der Waals surface area contributed by atoms with Crippen LogP contribution in [0.1, 0.15) is 6.92 Å². The molecule has 0 bridgehead atoms. The minimum Gasteiger partial charge on any atom is -0.394 e. The molecule has 0 amide bonds. The van der Waals surface area contributed by atoms with Crippen molar-refractivity contribution < 1.29 is 30.0 Å². The van der Waals surface area contributed by atoms with E-state index >= 15 is 0 Å². The smallest absolute Gasteiger partial charge is 0.178 e. The van der Waals surface area contributed by atoms with E-state index < -0.39 is 42.5 Å². The number of aliphatic hydroxyl groups excluding tert-OH is 3. The summed E-state index contributed by atoms with van der Waals surface area (Å²) in [5.41, 5.74) is 3.05. The molecule has 0 saturated carbocycles. The van der Waals surface area contributed by atoms with Crippen LogP contribution < -0.4 is 5.73 Å². The molecule has 1 aliphatic heterocycles. The fraction of sp³-hybridized carbons (Fsp3) is 0.875. The van der Waals surface area contributed by atoms with Gasteiger partial charge in [-0.2, -0.15) is 0 Å². The van der Waals surface area contributed by atoms with Crippen LogP contribution in [0.15, 0.2) is 0 Å². The van der Waals surface area contributed by atoms with Gasteiger partial charge in [0.2, 0.25) is 0 Å². The highest BCUT2D eigenvalue weighted by Crippen LogP contribution is 2.29. The van der Waals surface area contributed by atoms with Gasteiger partial charge in [-0.05, 0) is 6.92 Å². The molecule has 7 nitrogen and oxygen atoms in total. The first-order chi connectivity index (χ1) is 6.85. The van der Waals surface area contributed by atoms with Gasteiger partial charge in [0, 0.05) is 0 Å². The van der Waals surface area contributed by atoms with Crippen molar-refractivity contribution in [2.24, 2.45) is 5.73 Å². The number of nitrogens with two attached hydrogens (primary N) is 1. The van der Waals surface area contributed by atoms with E-state index in [2.05, 4.69) is 0 Å². The molecular weight excluding hydrogens is 206 g/mol. The Kier molecular flexibility index (Phi) is 3.44. The molecule has 0 aromatic rings. The standard InChI is InChI=1S/C8H15NO6/c1-3(11)8(14)4(2-10)15-7(13)5(9)6(8)12/h4-7,10,12-14H,2,9H2,1H3/t4-,5-,6-,7-,8-/m1/s1. The molecule has 0 aromatic heterocycles. The fourth-order valence-electron chi connectivity index (χ4n) is 1.62. The summed E-state index contributed by atoms with van der Waals surface area (Å²) in [6.45, 7) is 0.330. The summed E-state index contributed by atoms with van der Waals surface area (Å²) in [5, 5.41) is 37.6. The normalized spacial score (nSPS) is 46.5. The monoisotopic (exact) mass is 221 g/mol. The molecule has 0 radical (unpaired) electrons. The minimum atomic E-state index is -2.28. The van der Waals surface area contributed by atoms with Gasteiger partial charge >= 0.3 is 0 Å². The van der Waals surface area contributed by atoms with Crippen molar-refractivity contribution in [3.05, 3.63) is 0 Å². The summed E-state index contributed by atoms with van der Waals surface area (Å²) in [6, 6.07) is -1.30. The van der Waals surface area contributed by atoms with Crippen molar-refractivity contribution in [3.8, 4) is 0 Å². The Labute approximate surface area is 86.1 Å². The summed E-state index contributed by atoms with van der Waals surface area (Å²) >= 11 is 0. The lowest BCUT2D eigenvalue weighted by molar-refractivity contribution is -0.278. The maximum Gasteiger partial charge on any atom is 0.178 e. The van der Waals surface area contributed by atoms with Crippen molar-refractivity contribution in [1.29, 1.82) is 0 Å². The second-order valence-electron chi connectivity index (χ2n) is 3.60. The predicted molar refractivity (Wildman–Crippen MR) is 47.6 cm³/mol. The van der Waals surface area contributed by atoms with Crippen LogP contribution >= 0.6 is 0 Å². The molecule has 15 heavy (non-hydrogen) atoms. The molecule has 7 heteroatoms. The number of rotatable bonds is 2. The Morgan fingerprint density at radius 3 is 2.47 bits per heavy atom. The Morgan fingerprint density at radius 1 is 1.53 bits per heavy atom. The van der Waals surface area contributed by atoms with Gasteiger partial charge in [-0.1, -0.05) is 0 Å². The molecule has 1 aliphatic rings. The Hall–Kier alpha value is -0.570. The molecule has 0 unspecified atom stereocenters. The highest BCUT2D eigenvalue weighted by molar-refractivity contribution is 5.86. The zero-order chi connectivity index (χ0) is 11.8. The average molecular weight is 221 g/mol. The average Bonchev–Trinajstić information content (AvgIpc) is 2.20. The quantitative estimate of drug-likeness (QED) is 0.330. The summed E-state index contributed by atoms with van der Waals surface area (Å²) in [5.74, 6) is -0.781. The van der Waals surface area contributed by atoms with E-state index in [4.69, 9.17) is 15.6 Å². The molecule has 1 rings (SSSR count). The van der Waals surface area contributed by atoms with E-state index in [0.29, 0.717) is 0 Å². The van der Waals surface area contributed by atoms with Crippen LogP contribution in [0.25, 0.3) is 0 Å². The number of ketones is 1. The van der Waals surface area contributed by atoms with Gasteiger partial charge in [0.25, 0.3) is 0 Å². The lowest BCUT2D eigenvalue weighted by atomic mass is 9.80. The number of aliphatic hydroxyl groups is 4. The molecule has 6 N–H and O–H groups in total. The minimum absolute atomic E-state index is 0.711. The second kappa shape index (κ2) is 4.12. The van der Waals surface area contributed by atoms with Crippen LogP contribution in [0.2, 0.25) is 0 Å². The van der Waals surface area contributed by atoms with E-state index in [1.165, 1.54) is 0 Å². The van der Waals surface area contributed by atoms with Gasteiger partial charge in [0.05, 0.1) is 12.6 Å². The maximum atomic E-state index is 11.2. The first-order valence-electron chi connectivity index (χ1n) is 4.47. The van der Waals surface area contributed by atoms with Crippen LogP contribution in [0.3, 0.4) is 0 Å². The third kappa shape index (κ3) is 1.78. The molecule has 1 fully saturated rings. The molecule has 0 aliphatic carbocycles. The molecule has 0 spiro atoms. The molecule has 0 aromatic carbocycles. The van der Waals surface area contributed by atoms with Crippen molar-refractivity contribution in [1.82, 2.24) is 0 Å². The van der Waals surface area contributed by atoms with Gasteiger partial charge in [0.1, 0.15) is 12.2 Å². The van der Waals surface area contributed by atoms with Crippen molar-refractivity contribution in [3.63, 3.8) is 0 Å². The number of Topliss-reactive ketones (excluding diaryl/α,β-unsaturated/α-hetero) is 1. The van der Waals surface area contributed by atoms with Crippen LogP contribution in [-0.2, 0) is 9.53 Å². The van der Waals surface area contributed by atoms with Gasteiger partial charge in [-0.3, -0.25) is 4.79 Å². The van der Waals surface area contributed by atoms with Crippen LogP contribution in [-0.4, -0.2) is 63.0 Å². The van der Waals surface area contributed by atoms with Gasteiger partial charge in [0.15, 0.2) is 17.7 Å². The van der Waals surface area contributed by atoms with E-state index in [9.17, 15) is 20.1 Å². The lowest BCUT2D eigenvalue weighted by Gasteiger charge is -2.45. The zero-order valence-electron chi connectivity index (χ0n) is 8.20. The molecule has 1 saturated heterocycles. The van der Waals surface area contributed by atoms with Crippen LogP contribution in [0.5, 0.6) is 0 Å². The summed E-state index contributed by atoms with van der Waals surface area (Å²) in [4.78, 5) is 11.2. The number of hydrogen-bond donors (Lipinski definition) is 5. The molecule has 1 heterocycles. The number of carbonyl (C=O) groups excluding carboxylic acids is 1. The van der Waals surface area contributed by atoms with Gasteiger partial charge in [-0.25, -0.2) is 0 Å². The first-order valence-corrected chi connectivity index (χ1v) is 4.47. The first kappa shape index (κ1) is 12.5. The summed E-state index contributed by atoms with van der Waals surface area (Å²) in [7, 11) is 0. The number of carbonyl (C=O) groups is 1. The topological polar surface area (TPSA) is 133 Å². The van der Waals surface area contributed by atoms with Crippen LogP contribution in [0, 0.1) is 0 Å². The second-order valence-corrected chi connectivity index (χ2v) is 3.60. The molecule has 88 valence electrons. The van der Waals surface area contributed by atoms with E-state index in [-0.39, 0.29) is 0 Å².